The summed E-state index contributed by atoms with van der Waals surface area (Å²) in [5, 5.41) is 0. The number of carbonyl (C=O) groups excluding carboxylic acids is 1. The summed E-state index contributed by atoms with van der Waals surface area (Å²) in [7, 11) is -4.02. The number of aliphatic imine (C=N–C) groups is 1. The van der Waals surface area contributed by atoms with E-state index < -0.39 is 16.1 Å². The Hall–Kier alpha value is -3.71. The minimum Gasteiger partial charge on any atom is -0.402 e. The molecule has 0 amide bonds. The molecule has 30 heavy (non-hydrogen) atoms. The lowest BCUT2D eigenvalue weighted by atomic mass is 10.1. The molecular weight excluding hydrogens is 402 g/mol. The summed E-state index contributed by atoms with van der Waals surface area (Å²) in [5.41, 5.74) is 2.13. The number of nitrogens with zero attached hydrogens (tertiary/aromatic N) is 1. The van der Waals surface area contributed by atoms with Crippen LogP contribution in [0.5, 0.6) is 5.75 Å². The van der Waals surface area contributed by atoms with Gasteiger partial charge in [0.2, 0.25) is 5.90 Å². The lowest BCUT2D eigenvalue weighted by molar-refractivity contribution is -0.129. The maximum Gasteiger partial charge on any atom is 0.363 e. The Labute approximate surface area is 174 Å². The lowest BCUT2D eigenvalue weighted by Gasteiger charge is -2.09. The molecule has 0 aliphatic carbocycles. The number of benzene rings is 3. The van der Waals surface area contributed by atoms with Crippen LogP contribution in [0.3, 0.4) is 0 Å². The second-order valence-corrected chi connectivity index (χ2v) is 8.14. The third kappa shape index (κ3) is 4.16. The van der Waals surface area contributed by atoms with E-state index in [0.717, 1.165) is 5.56 Å². The van der Waals surface area contributed by atoms with Crippen molar-refractivity contribution in [3.05, 3.63) is 101 Å². The fourth-order valence-electron chi connectivity index (χ4n) is 2.89. The van der Waals surface area contributed by atoms with Crippen molar-refractivity contribution in [1.29, 1.82) is 0 Å². The molecule has 0 radical (unpaired) electrons. The Morgan fingerprint density at radius 2 is 1.67 bits per heavy atom. The van der Waals surface area contributed by atoms with Crippen molar-refractivity contribution in [2.24, 2.45) is 4.99 Å². The summed E-state index contributed by atoms with van der Waals surface area (Å²) >= 11 is 0. The van der Waals surface area contributed by atoms with Gasteiger partial charge in [-0.15, -0.1) is 0 Å². The SMILES string of the molecule is Cc1cccc(C2=N/C(=C/c3ccccc3OS(=O)(=O)c3ccccc3)C(=O)O2)c1. The number of aryl methyl sites for hydroxylation is 1. The third-order valence-electron chi connectivity index (χ3n) is 4.33. The molecule has 4 rings (SSSR count). The van der Waals surface area contributed by atoms with E-state index in [2.05, 4.69) is 4.99 Å². The zero-order valence-electron chi connectivity index (χ0n) is 16.0. The van der Waals surface area contributed by atoms with E-state index in [1.165, 1.54) is 24.3 Å². The van der Waals surface area contributed by atoms with Crippen LogP contribution in [0.1, 0.15) is 16.7 Å². The molecular formula is C23H17NO5S. The van der Waals surface area contributed by atoms with Crippen molar-refractivity contribution in [3.63, 3.8) is 0 Å². The van der Waals surface area contributed by atoms with E-state index in [0.29, 0.717) is 11.1 Å². The number of para-hydroxylation sites is 1. The third-order valence-corrected chi connectivity index (χ3v) is 5.58. The van der Waals surface area contributed by atoms with Gasteiger partial charge in [0.05, 0.1) is 0 Å². The largest absolute Gasteiger partial charge is 0.402 e. The van der Waals surface area contributed by atoms with Crippen LogP contribution in [0, 0.1) is 6.92 Å². The van der Waals surface area contributed by atoms with Crippen molar-refractivity contribution in [2.75, 3.05) is 0 Å². The molecule has 3 aromatic carbocycles. The van der Waals surface area contributed by atoms with Crippen LogP contribution in [0.2, 0.25) is 0 Å². The number of esters is 1. The summed E-state index contributed by atoms with van der Waals surface area (Å²) in [4.78, 5) is 16.6. The van der Waals surface area contributed by atoms with Crippen LogP contribution in [0.4, 0.5) is 0 Å². The molecule has 1 aliphatic heterocycles. The van der Waals surface area contributed by atoms with Crippen molar-refractivity contribution >= 4 is 28.1 Å². The summed E-state index contributed by atoms with van der Waals surface area (Å²) in [5.74, 6) is -0.335. The number of carbonyl (C=O) groups is 1. The molecule has 0 aromatic heterocycles. The highest BCUT2D eigenvalue weighted by atomic mass is 32.2. The molecule has 0 N–H and O–H groups in total. The van der Waals surface area contributed by atoms with Gasteiger partial charge >= 0.3 is 16.1 Å². The van der Waals surface area contributed by atoms with E-state index in [4.69, 9.17) is 8.92 Å². The van der Waals surface area contributed by atoms with E-state index in [-0.39, 0.29) is 22.2 Å². The highest BCUT2D eigenvalue weighted by Crippen LogP contribution is 2.27. The van der Waals surface area contributed by atoms with Crippen molar-refractivity contribution in [1.82, 2.24) is 0 Å². The van der Waals surface area contributed by atoms with Crippen LogP contribution in [0.15, 0.2) is 94.4 Å². The molecule has 0 unspecified atom stereocenters. The molecule has 6 nitrogen and oxygen atoms in total. The smallest absolute Gasteiger partial charge is 0.363 e. The number of cyclic esters (lactones) is 1. The van der Waals surface area contributed by atoms with Gasteiger partial charge in [0.25, 0.3) is 0 Å². The summed E-state index contributed by atoms with van der Waals surface area (Å²) in [6.45, 7) is 1.93. The van der Waals surface area contributed by atoms with Crippen LogP contribution < -0.4 is 4.18 Å². The predicted molar refractivity (Wildman–Crippen MR) is 112 cm³/mol. The van der Waals surface area contributed by atoms with Gasteiger partial charge in [0, 0.05) is 11.1 Å². The van der Waals surface area contributed by atoms with E-state index in [9.17, 15) is 13.2 Å². The van der Waals surface area contributed by atoms with Gasteiger partial charge in [0.1, 0.15) is 10.6 Å². The zero-order chi connectivity index (χ0) is 21.1. The van der Waals surface area contributed by atoms with Crippen LogP contribution in [0.25, 0.3) is 6.08 Å². The summed E-state index contributed by atoms with van der Waals surface area (Å²) < 4.78 is 35.7. The number of ether oxygens (including phenoxy) is 1. The van der Waals surface area contributed by atoms with Gasteiger partial charge in [-0.3, -0.25) is 0 Å². The topological polar surface area (TPSA) is 82.0 Å². The maximum atomic E-state index is 12.6. The van der Waals surface area contributed by atoms with Gasteiger partial charge in [-0.05, 0) is 43.3 Å². The normalized spacial score (nSPS) is 15.0. The zero-order valence-corrected chi connectivity index (χ0v) is 16.8. The van der Waals surface area contributed by atoms with Gasteiger partial charge in [-0.1, -0.05) is 54.1 Å². The molecule has 1 aliphatic rings. The highest BCUT2D eigenvalue weighted by molar-refractivity contribution is 7.87. The molecule has 0 spiro atoms. The van der Waals surface area contributed by atoms with Crippen molar-refractivity contribution < 1.29 is 22.1 Å². The Kier molecular flexibility index (Phi) is 5.20. The van der Waals surface area contributed by atoms with Crippen LogP contribution in [-0.2, 0) is 19.6 Å². The second-order valence-electron chi connectivity index (χ2n) is 6.59. The quantitative estimate of drug-likeness (QED) is 0.353. The molecule has 0 bridgehead atoms. The Morgan fingerprint density at radius 3 is 2.43 bits per heavy atom. The first-order chi connectivity index (χ1) is 14.4. The number of hydrogen-bond donors (Lipinski definition) is 0. The fourth-order valence-corrected chi connectivity index (χ4v) is 3.86. The minimum absolute atomic E-state index is 0.0347. The standard InChI is InChI=1S/C23H17NO5S/c1-16-8-7-10-18(14-16)22-24-20(23(25)28-22)15-17-9-5-6-13-21(17)29-30(26,27)19-11-3-2-4-12-19/h2-15H,1H3/b20-15+. The average molecular weight is 419 g/mol. The Balaban J connectivity index is 1.67. The van der Waals surface area contributed by atoms with Gasteiger partial charge in [0.15, 0.2) is 5.70 Å². The predicted octanol–water partition coefficient (Wildman–Crippen LogP) is 4.11. The molecule has 0 atom stereocenters. The first kappa shape index (κ1) is 19.6. The molecule has 1 heterocycles. The molecule has 150 valence electrons. The van der Waals surface area contributed by atoms with Gasteiger partial charge < -0.3 is 8.92 Å². The summed E-state index contributed by atoms with van der Waals surface area (Å²) in [6.07, 6.45) is 1.45. The van der Waals surface area contributed by atoms with E-state index in [1.807, 2.05) is 25.1 Å². The van der Waals surface area contributed by atoms with E-state index in [1.54, 1.807) is 42.5 Å². The van der Waals surface area contributed by atoms with Crippen LogP contribution in [-0.4, -0.2) is 20.3 Å². The summed E-state index contributed by atoms with van der Waals surface area (Å²) in [6, 6.07) is 21.8. The molecule has 0 fully saturated rings. The first-order valence-corrected chi connectivity index (χ1v) is 10.5. The number of hydrogen-bond acceptors (Lipinski definition) is 6. The van der Waals surface area contributed by atoms with Crippen molar-refractivity contribution in [2.45, 2.75) is 11.8 Å². The Bertz CT molecular complexity index is 1280. The maximum absolute atomic E-state index is 12.6. The minimum atomic E-state index is -4.02. The fraction of sp³-hybridized carbons (Fsp3) is 0.0435. The van der Waals surface area contributed by atoms with Gasteiger partial charge in [-0.25, -0.2) is 9.79 Å². The lowest BCUT2D eigenvalue weighted by Crippen LogP contribution is -2.10. The number of rotatable bonds is 5. The second kappa shape index (κ2) is 7.96. The molecule has 7 heteroatoms. The Morgan fingerprint density at radius 1 is 0.933 bits per heavy atom. The van der Waals surface area contributed by atoms with E-state index >= 15 is 0 Å². The molecule has 0 saturated carbocycles. The molecule has 3 aromatic rings. The van der Waals surface area contributed by atoms with Gasteiger partial charge in [-0.2, -0.15) is 8.42 Å². The first-order valence-electron chi connectivity index (χ1n) is 9.10. The highest BCUT2D eigenvalue weighted by Gasteiger charge is 2.25. The average Bonchev–Trinajstić information content (AvgIpc) is 3.10. The molecule has 0 saturated heterocycles. The van der Waals surface area contributed by atoms with Crippen LogP contribution >= 0.6 is 0 Å². The van der Waals surface area contributed by atoms with Crippen molar-refractivity contribution in [3.8, 4) is 5.75 Å². The monoisotopic (exact) mass is 419 g/mol.